The van der Waals surface area contributed by atoms with Crippen LogP contribution in [0, 0.1) is 35.5 Å². The van der Waals surface area contributed by atoms with Gasteiger partial charge in [0, 0.05) is 48.6 Å². The molecule has 2 N–H and O–H groups in total. The minimum Gasteiger partial charge on any atom is -1.00 e. The van der Waals surface area contributed by atoms with E-state index in [0.717, 1.165) is 47.7 Å². The van der Waals surface area contributed by atoms with E-state index in [1.165, 1.54) is 61.8 Å². The van der Waals surface area contributed by atoms with E-state index in [4.69, 9.17) is 9.47 Å². The Morgan fingerprint density at radius 2 is 0.690 bits per heavy atom. The summed E-state index contributed by atoms with van der Waals surface area (Å²) in [5.41, 5.74) is 3.84. The summed E-state index contributed by atoms with van der Waals surface area (Å²) in [6.45, 7) is 24.1. The number of nitrogens with zero attached hydrogens (tertiary/aromatic N) is 2. The Morgan fingerprint density at radius 3 is 0.905 bits per heavy atom. The van der Waals surface area contributed by atoms with Crippen molar-refractivity contribution < 1.29 is 80.8 Å². The fraction of sp³-hybridized carbons (Fsp3) is 0.588. The van der Waals surface area contributed by atoms with Crippen LogP contribution < -0.4 is 43.6 Å². The molecule has 468 valence electrons. The molecule has 0 saturated heterocycles. The minimum absolute atomic E-state index is 0. The van der Waals surface area contributed by atoms with Crippen molar-refractivity contribution in [2.75, 3.05) is 67.5 Å². The molecule has 4 unspecified atom stereocenters. The number of nitrogens with one attached hydrogen (secondary N) is 2. The Balaban J connectivity index is 0.000000271. The molecule has 4 aromatic rings. The Labute approximate surface area is 513 Å². The van der Waals surface area contributed by atoms with E-state index in [1.54, 1.807) is 9.80 Å². The molecule has 8 fully saturated rings. The molecule has 16 heteroatoms. The number of ketones is 2. The molecule has 4 atom stereocenters. The molecule has 8 aliphatic carbocycles. The molecule has 0 aliphatic heterocycles. The zero-order valence-corrected chi connectivity index (χ0v) is 53.9. The zero-order valence-electron chi connectivity index (χ0n) is 52.4. The summed E-state index contributed by atoms with van der Waals surface area (Å²) in [7, 11) is 8.95. The number of Topliss-reactive ketones (excluding diaryl/α,β-unsaturated/α-hetero) is 2. The van der Waals surface area contributed by atoms with Crippen LogP contribution in [0.5, 0.6) is 0 Å². The van der Waals surface area contributed by atoms with Gasteiger partial charge in [-0.3, -0.25) is 18.6 Å². The van der Waals surface area contributed by atoms with Crippen LogP contribution in [0.3, 0.4) is 0 Å². The van der Waals surface area contributed by atoms with Crippen molar-refractivity contribution in [1.29, 1.82) is 0 Å². The normalized spacial score (nSPS) is 24.1. The molecule has 0 aromatic heterocycles. The molecule has 84 heavy (non-hydrogen) atoms. The highest BCUT2D eigenvalue weighted by atomic mass is 35.5. The highest BCUT2D eigenvalue weighted by Crippen LogP contribution is 2.57. The summed E-state index contributed by atoms with van der Waals surface area (Å²) in [4.78, 5) is 49.9. The second kappa shape index (κ2) is 32.9. The van der Waals surface area contributed by atoms with E-state index < -0.39 is 35.0 Å². The second-order valence-corrected chi connectivity index (χ2v) is 25.4. The lowest BCUT2D eigenvalue weighted by molar-refractivity contribution is -0.894. The fourth-order valence-corrected chi connectivity index (χ4v) is 13.6. The summed E-state index contributed by atoms with van der Waals surface area (Å²) in [6.07, 6.45) is 6.45. The van der Waals surface area contributed by atoms with E-state index in [2.05, 4.69) is 191 Å². The maximum absolute atomic E-state index is 12.9. The monoisotopic (exact) mass is 1210 g/mol. The van der Waals surface area contributed by atoms with Gasteiger partial charge in [-0.25, -0.2) is 9.59 Å². The first-order valence-corrected chi connectivity index (χ1v) is 30.5. The number of quaternary nitrogens is 4. The van der Waals surface area contributed by atoms with Crippen molar-refractivity contribution >= 4 is 34.9 Å². The number of hydrogen-bond acceptors (Lipinski definition) is 6. The third-order valence-electron chi connectivity index (χ3n) is 18.0. The van der Waals surface area contributed by atoms with Crippen molar-refractivity contribution in [2.24, 2.45) is 35.5 Å². The van der Waals surface area contributed by atoms with Gasteiger partial charge in [-0.1, -0.05) is 97.1 Å². The minimum atomic E-state index is -3.45. The van der Waals surface area contributed by atoms with E-state index in [-0.39, 0.29) is 60.1 Å². The molecule has 0 radical (unpaired) electrons. The van der Waals surface area contributed by atoms with Crippen LogP contribution in [0.4, 0.5) is 28.9 Å². The van der Waals surface area contributed by atoms with Crippen LogP contribution in [0.1, 0.15) is 131 Å². The first kappa shape index (κ1) is 73.6. The Bertz CT molecular complexity index is 2370. The maximum atomic E-state index is 12.9. The van der Waals surface area contributed by atoms with Crippen LogP contribution in [0.2, 0.25) is 0 Å². The molecule has 12 rings (SSSR count). The third-order valence-corrected chi connectivity index (χ3v) is 18.0. The molecule has 8 aliphatic rings. The molecular weight excluding hydrogens is 1120 g/mol. The van der Waals surface area contributed by atoms with E-state index in [0.29, 0.717) is 64.2 Å². The second-order valence-electron chi connectivity index (χ2n) is 25.4. The highest BCUT2D eigenvalue weighted by molar-refractivity contribution is 5.87. The van der Waals surface area contributed by atoms with Gasteiger partial charge >= 0.3 is 23.8 Å². The number of hydrogen-bond donors (Lipinski definition) is 2. The summed E-state index contributed by atoms with van der Waals surface area (Å²) in [5.74, 6) is -8.87. The Hall–Kier alpha value is -4.70. The standard InChI is InChI=1S/2C15H18N.2C13H16F2O3.2C6H15N.2ClH/c2*1-16(2,15-11-7-4-8-12-15)13-14-9-5-3-6-10-14;2*1-12(14,15)11(17)18-13-4-7-2-8(5-13)10(16)9(3-7)6-13;2*1-4-7(5-2)6-3;;/h2*3-12H,13H2,1-2H3;2*7-9H,2-6H2,1H3;2*4-6H2,1-3H3;2*1H/q2*+1;;;;;;. The van der Waals surface area contributed by atoms with Crippen LogP contribution in [0.25, 0.3) is 0 Å². The van der Waals surface area contributed by atoms with E-state index in [9.17, 15) is 36.7 Å². The Kier molecular flexibility index (Phi) is 28.8. The van der Waals surface area contributed by atoms with Crippen LogP contribution in [-0.4, -0.2) is 114 Å². The van der Waals surface area contributed by atoms with Gasteiger partial charge in [0.15, 0.2) is 0 Å². The van der Waals surface area contributed by atoms with Crippen LogP contribution in [0.15, 0.2) is 121 Å². The number of esters is 2. The average molecular weight is 1220 g/mol. The number of alkyl halides is 4. The van der Waals surface area contributed by atoms with Crippen molar-refractivity contribution in [3.63, 3.8) is 0 Å². The predicted octanol–water partition coefficient (Wildman–Crippen LogP) is 5.44. The van der Waals surface area contributed by atoms with Gasteiger partial charge in [-0.2, -0.15) is 17.6 Å². The average Bonchev–Trinajstić information content (AvgIpc) is 1.05. The smallest absolute Gasteiger partial charge is 0.377 e. The number of carbonyl (C=O) groups excluding carboxylic acids is 4. The summed E-state index contributed by atoms with van der Waals surface area (Å²) < 4.78 is 63.7. The lowest BCUT2D eigenvalue weighted by atomic mass is 9.53. The molecule has 8 saturated carbocycles. The molecule has 8 bridgehead atoms. The van der Waals surface area contributed by atoms with E-state index >= 15 is 0 Å². The van der Waals surface area contributed by atoms with Gasteiger partial charge in [0.2, 0.25) is 0 Å². The molecule has 10 nitrogen and oxygen atoms in total. The number of rotatable bonds is 16. The van der Waals surface area contributed by atoms with Gasteiger partial charge < -0.3 is 44.1 Å². The van der Waals surface area contributed by atoms with Crippen molar-refractivity contribution in [3.8, 4) is 0 Å². The number of halogens is 6. The fourth-order valence-electron chi connectivity index (χ4n) is 13.6. The van der Waals surface area contributed by atoms with E-state index in [1.807, 2.05) is 0 Å². The predicted molar refractivity (Wildman–Crippen MR) is 322 cm³/mol. The highest BCUT2D eigenvalue weighted by Gasteiger charge is 2.59. The summed E-state index contributed by atoms with van der Waals surface area (Å²) in [5, 5.41) is 0. The van der Waals surface area contributed by atoms with Gasteiger partial charge in [0.25, 0.3) is 0 Å². The van der Waals surface area contributed by atoms with Crippen LogP contribution >= 0.6 is 0 Å². The van der Waals surface area contributed by atoms with Crippen LogP contribution in [-0.2, 0) is 41.7 Å². The van der Waals surface area contributed by atoms with Gasteiger partial charge in [-0.05, 0) is 142 Å². The molecule has 4 aromatic carbocycles. The molecule has 0 amide bonds. The lowest BCUT2D eigenvalue weighted by Gasteiger charge is -2.54. The van der Waals surface area contributed by atoms with Crippen molar-refractivity contribution in [3.05, 3.63) is 132 Å². The topological polar surface area (TPSA) is 95.6 Å². The summed E-state index contributed by atoms with van der Waals surface area (Å²) >= 11 is 0. The molecular formula is C68H100Cl2F4N4O6+2. The van der Waals surface area contributed by atoms with Gasteiger partial charge in [-0.15, -0.1) is 0 Å². The quantitative estimate of drug-likeness (QED) is 0.0883. The number of para-hydroxylation sites is 2. The van der Waals surface area contributed by atoms with Gasteiger partial charge in [0.1, 0.15) is 47.2 Å². The van der Waals surface area contributed by atoms with Crippen molar-refractivity contribution in [1.82, 2.24) is 8.97 Å². The summed E-state index contributed by atoms with van der Waals surface area (Å²) in [6, 6.07) is 42.5. The zero-order chi connectivity index (χ0) is 60.5. The molecule has 0 spiro atoms. The number of ether oxygens (including phenoxy) is 2. The SMILES string of the molecule is CC(F)(F)C(=O)OC12CC3CC(C1)C(=O)C(C3)C2.CC(F)(F)C(=O)OC12CC3CC(C1)C(=O)C(C3)C2.CC[NH+](CC)CC.CC[NH+](CC)CC.C[N+](C)(Cc1ccccc1)c1ccccc1.C[N+](C)(Cc1ccccc1)c1ccccc1.[Cl-].[Cl-]. The lowest BCUT2D eigenvalue weighted by Crippen LogP contribution is -3.11. The molecule has 0 heterocycles. The maximum Gasteiger partial charge on any atom is 0.377 e. The van der Waals surface area contributed by atoms with Crippen molar-refractivity contribution in [2.45, 2.75) is 156 Å². The first-order valence-electron chi connectivity index (χ1n) is 30.5. The number of benzene rings is 4. The largest absolute Gasteiger partial charge is 1.00 e. The van der Waals surface area contributed by atoms with Gasteiger partial charge in [0.05, 0.1) is 67.5 Å². The first-order chi connectivity index (χ1) is 38.6. The third kappa shape index (κ3) is 21.3. The Morgan fingerprint density at radius 1 is 0.452 bits per heavy atom. The number of carbonyl (C=O) groups is 4.